The van der Waals surface area contributed by atoms with Gasteiger partial charge < -0.3 is 15.6 Å². The van der Waals surface area contributed by atoms with Gasteiger partial charge in [0.1, 0.15) is 5.60 Å². The molecule has 112 valence electrons. The van der Waals surface area contributed by atoms with E-state index in [2.05, 4.69) is 6.92 Å². The highest BCUT2D eigenvalue weighted by Crippen LogP contribution is 2.53. The third-order valence-corrected chi connectivity index (χ3v) is 5.16. The fourth-order valence-electron chi connectivity index (χ4n) is 3.78. The zero-order valence-corrected chi connectivity index (χ0v) is 12.6. The van der Waals surface area contributed by atoms with E-state index in [1.165, 1.54) is 0 Å². The predicted octanol–water partition coefficient (Wildman–Crippen LogP) is 2.68. The Morgan fingerprint density at radius 1 is 1.40 bits per heavy atom. The Morgan fingerprint density at radius 2 is 2.10 bits per heavy atom. The number of methoxy groups -OCH3 is 1. The van der Waals surface area contributed by atoms with Gasteiger partial charge in [0, 0.05) is 19.1 Å². The van der Waals surface area contributed by atoms with E-state index in [9.17, 15) is 5.11 Å². The monoisotopic (exact) mass is 277 g/mol. The summed E-state index contributed by atoms with van der Waals surface area (Å²) in [4.78, 5) is 0. The van der Waals surface area contributed by atoms with Crippen LogP contribution >= 0.6 is 0 Å². The molecule has 3 N–H and O–H groups in total. The zero-order chi connectivity index (χ0) is 14.6. The van der Waals surface area contributed by atoms with Gasteiger partial charge in [-0.05, 0) is 30.7 Å². The first-order valence-corrected chi connectivity index (χ1v) is 7.59. The lowest BCUT2D eigenvalue weighted by molar-refractivity contribution is -0.129. The molecule has 0 amide bonds. The molecule has 0 bridgehead atoms. The molecule has 0 heterocycles. The summed E-state index contributed by atoms with van der Waals surface area (Å²) in [6.07, 6.45) is 4.25. The second-order valence-corrected chi connectivity index (χ2v) is 6.16. The van der Waals surface area contributed by atoms with Crippen LogP contribution in [0.2, 0.25) is 0 Å². The fraction of sp³-hybridized carbons (Fsp3) is 0.647. The molecule has 3 atom stereocenters. The van der Waals surface area contributed by atoms with E-state index in [4.69, 9.17) is 10.5 Å². The van der Waals surface area contributed by atoms with Gasteiger partial charge in [-0.2, -0.15) is 0 Å². The molecular weight excluding hydrogens is 250 g/mol. The minimum absolute atomic E-state index is 0.273. The molecule has 1 aromatic carbocycles. The predicted molar refractivity (Wildman–Crippen MR) is 81.3 cm³/mol. The van der Waals surface area contributed by atoms with Crippen molar-refractivity contribution in [3.05, 3.63) is 35.9 Å². The summed E-state index contributed by atoms with van der Waals surface area (Å²) in [6, 6.07) is 9.86. The average molecular weight is 277 g/mol. The molecule has 0 spiro atoms. The van der Waals surface area contributed by atoms with E-state index in [-0.39, 0.29) is 5.41 Å². The second-order valence-electron chi connectivity index (χ2n) is 6.16. The number of benzene rings is 1. The molecule has 1 aliphatic carbocycles. The van der Waals surface area contributed by atoms with Gasteiger partial charge in [0.15, 0.2) is 0 Å². The molecule has 1 aromatic rings. The topological polar surface area (TPSA) is 55.5 Å². The van der Waals surface area contributed by atoms with Crippen LogP contribution in [0.5, 0.6) is 0 Å². The Bertz CT molecular complexity index is 422. The number of aliphatic hydroxyl groups is 1. The zero-order valence-electron chi connectivity index (χ0n) is 12.6. The van der Waals surface area contributed by atoms with Crippen LogP contribution in [0.3, 0.4) is 0 Å². The Hall–Kier alpha value is -0.900. The lowest BCUT2D eigenvalue weighted by Crippen LogP contribution is -2.52. The molecule has 3 heteroatoms. The lowest BCUT2D eigenvalue weighted by Gasteiger charge is -2.45. The Balaban J connectivity index is 2.41. The summed E-state index contributed by atoms with van der Waals surface area (Å²) in [6.45, 7) is 3.01. The van der Waals surface area contributed by atoms with Crippen molar-refractivity contribution in [2.75, 3.05) is 20.3 Å². The third kappa shape index (κ3) is 2.50. The highest BCUT2D eigenvalue weighted by molar-refractivity contribution is 5.27. The van der Waals surface area contributed by atoms with Crippen molar-refractivity contribution in [1.29, 1.82) is 0 Å². The van der Waals surface area contributed by atoms with Crippen LogP contribution < -0.4 is 5.73 Å². The molecule has 20 heavy (non-hydrogen) atoms. The maximum absolute atomic E-state index is 11.4. The minimum atomic E-state index is -0.998. The van der Waals surface area contributed by atoms with Crippen molar-refractivity contribution in [3.8, 4) is 0 Å². The average Bonchev–Trinajstić information content (AvgIpc) is 2.93. The van der Waals surface area contributed by atoms with Crippen LogP contribution in [0.25, 0.3) is 0 Å². The van der Waals surface area contributed by atoms with E-state index in [1.807, 2.05) is 30.3 Å². The van der Waals surface area contributed by atoms with Crippen molar-refractivity contribution in [2.24, 2.45) is 17.1 Å². The van der Waals surface area contributed by atoms with Gasteiger partial charge in [-0.15, -0.1) is 0 Å². The lowest BCUT2D eigenvalue weighted by atomic mass is 9.66. The van der Waals surface area contributed by atoms with Crippen LogP contribution in [-0.2, 0) is 10.3 Å². The first kappa shape index (κ1) is 15.5. The third-order valence-electron chi connectivity index (χ3n) is 5.16. The van der Waals surface area contributed by atoms with E-state index in [0.29, 0.717) is 19.1 Å². The first-order valence-electron chi connectivity index (χ1n) is 7.59. The summed E-state index contributed by atoms with van der Waals surface area (Å²) in [5.74, 6) is 0.658. The summed E-state index contributed by atoms with van der Waals surface area (Å²) in [5, 5.41) is 11.4. The smallest absolute Gasteiger partial charge is 0.120 e. The second kappa shape index (κ2) is 6.25. The SMILES string of the molecule is CCC1CCC(CN)(C(O)(COC)c2ccccc2)C1. The standard InChI is InChI=1S/C17H27NO2/c1-3-14-9-10-16(11-14,12-18)17(19,13-20-2)15-7-5-4-6-8-15/h4-8,14,19H,3,9-13,18H2,1-2H3. The van der Waals surface area contributed by atoms with Gasteiger partial charge in [-0.25, -0.2) is 0 Å². The summed E-state index contributed by atoms with van der Waals surface area (Å²) >= 11 is 0. The summed E-state index contributed by atoms with van der Waals surface area (Å²) in [5.41, 5.74) is 5.77. The highest BCUT2D eigenvalue weighted by atomic mass is 16.5. The van der Waals surface area contributed by atoms with Crippen molar-refractivity contribution >= 4 is 0 Å². The molecule has 3 unspecified atom stereocenters. The minimum Gasteiger partial charge on any atom is -0.382 e. The molecule has 3 nitrogen and oxygen atoms in total. The van der Waals surface area contributed by atoms with E-state index >= 15 is 0 Å². The Kier molecular flexibility index (Phi) is 4.84. The molecule has 2 rings (SSSR count). The molecule has 1 aliphatic rings. The number of hydrogen-bond donors (Lipinski definition) is 2. The van der Waals surface area contributed by atoms with Gasteiger partial charge in [0.2, 0.25) is 0 Å². The van der Waals surface area contributed by atoms with Gasteiger partial charge in [0.25, 0.3) is 0 Å². The summed E-state index contributed by atoms with van der Waals surface area (Å²) in [7, 11) is 1.64. The van der Waals surface area contributed by atoms with Crippen LogP contribution in [0.1, 0.15) is 38.2 Å². The molecule has 0 saturated heterocycles. The molecule has 0 radical (unpaired) electrons. The Labute approximate surface area is 122 Å². The molecule has 1 saturated carbocycles. The van der Waals surface area contributed by atoms with Gasteiger partial charge in [-0.1, -0.05) is 43.7 Å². The highest BCUT2D eigenvalue weighted by Gasteiger charge is 2.53. The van der Waals surface area contributed by atoms with Crippen LogP contribution in [0, 0.1) is 11.3 Å². The molecule has 1 fully saturated rings. The van der Waals surface area contributed by atoms with Crippen LogP contribution in [0.15, 0.2) is 30.3 Å². The van der Waals surface area contributed by atoms with E-state index < -0.39 is 5.60 Å². The molecular formula is C17H27NO2. The van der Waals surface area contributed by atoms with Crippen LogP contribution in [-0.4, -0.2) is 25.4 Å². The van der Waals surface area contributed by atoms with Gasteiger partial charge in [0.05, 0.1) is 6.61 Å². The van der Waals surface area contributed by atoms with E-state index in [0.717, 1.165) is 31.2 Å². The van der Waals surface area contributed by atoms with E-state index in [1.54, 1.807) is 7.11 Å². The maximum atomic E-state index is 11.4. The van der Waals surface area contributed by atoms with Crippen molar-refractivity contribution in [1.82, 2.24) is 0 Å². The normalized spacial score (nSPS) is 29.3. The quantitative estimate of drug-likeness (QED) is 0.840. The summed E-state index contributed by atoms with van der Waals surface area (Å²) < 4.78 is 5.36. The molecule has 0 aliphatic heterocycles. The van der Waals surface area contributed by atoms with Gasteiger partial charge in [-0.3, -0.25) is 0 Å². The van der Waals surface area contributed by atoms with Crippen LogP contribution in [0.4, 0.5) is 0 Å². The Morgan fingerprint density at radius 3 is 2.60 bits per heavy atom. The number of nitrogens with two attached hydrogens (primary N) is 1. The largest absolute Gasteiger partial charge is 0.382 e. The number of rotatable bonds is 6. The fourth-order valence-corrected chi connectivity index (χ4v) is 3.78. The van der Waals surface area contributed by atoms with Gasteiger partial charge >= 0.3 is 0 Å². The first-order chi connectivity index (χ1) is 9.62. The van der Waals surface area contributed by atoms with Crippen molar-refractivity contribution < 1.29 is 9.84 Å². The molecule has 0 aromatic heterocycles. The van der Waals surface area contributed by atoms with Crippen molar-refractivity contribution in [2.45, 2.75) is 38.2 Å². The number of hydrogen-bond acceptors (Lipinski definition) is 3. The number of ether oxygens (including phenoxy) is 1. The maximum Gasteiger partial charge on any atom is 0.120 e. The van der Waals surface area contributed by atoms with Crippen molar-refractivity contribution in [3.63, 3.8) is 0 Å².